The van der Waals surface area contributed by atoms with Gasteiger partial charge < -0.3 is 10.6 Å². The predicted molar refractivity (Wildman–Crippen MR) is 64.9 cm³/mol. The number of nitrogens with two attached hydrogens (primary N) is 1. The number of rotatable bonds is 2. The molecule has 0 fully saturated rings. The van der Waals surface area contributed by atoms with Gasteiger partial charge in [0.05, 0.1) is 13.6 Å². The lowest BCUT2D eigenvalue weighted by Crippen LogP contribution is -2.78. The largest absolute Gasteiger partial charge is 0.349 e. The van der Waals surface area contributed by atoms with Gasteiger partial charge in [-0.2, -0.15) is 0 Å². The van der Waals surface area contributed by atoms with Crippen molar-refractivity contribution in [1.29, 1.82) is 0 Å². The Morgan fingerprint density at radius 3 is 1.17 bits per heavy atom. The van der Waals surface area contributed by atoms with E-state index in [1.165, 1.54) is 6.54 Å². The van der Waals surface area contributed by atoms with Gasteiger partial charge in [0.1, 0.15) is 0 Å². The molecule has 0 aliphatic heterocycles. The van der Waals surface area contributed by atoms with Crippen molar-refractivity contribution < 1.29 is 5.32 Å². The van der Waals surface area contributed by atoms with Gasteiger partial charge in [0.25, 0.3) is 0 Å². The average Bonchev–Trinajstić information content (AvgIpc) is 1.88. The van der Waals surface area contributed by atoms with Crippen LogP contribution in [0.1, 0.15) is 43.6 Å². The maximum absolute atomic E-state index is 2.93. The van der Waals surface area contributed by atoms with Gasteiger partial charge in [-0.25, -0.2) is 0 Å². The minimum absolute atomic E-state index is 0. The van der Waals surface area contributed by atoms with Crippen LogP contribution in [0.5, 0.6) is 0 Å². The second kappa shape index (κ2) is 69.9. The third-order valence-corrected chi connectivity index (χ3v) is 0.762. The fourth-order valence-corrected chi connectivity index (χ4v) is 0. The van der Waals surface area contributed by atoms with Crippen LogP contribution in [0, 0.1) is 0 Å². The zero-order valence-electron chi connectivity index (χ0n) is 6.49. The number of hydrogen-bond acceptors (Lipinski definition) is 1. The van der Waals surface area contributed by atoms with Gasteiger partial charge in [0.2, 0.25) is 0 Å². The third kappa shape index (κ3) is 214. The first-order valence-electron chi connectivity index (χ1n) is 3.25. The summed E-state index contributed by atoms with van der Waals surface area (Å²) in [4.78, 5) is 0. The Hall–Kier alpha value is -0.0800. The Balaban J connectivity index is -0.0000000112. The average molecular weight is 183 g/mol. The van der Waals surface area contributed by atoms with E-state index in [4.69, 9.17) is 0 Å². The van der Waals surface area contributed by atoms with Crippen LogP contribution in [0.2, 0.25) is 0 Å². The molecule has 2 nitrogen and oxygen atoms in total. The van der Waals surface area contributed by atoms with Gasteiger partial charge >= 0.3 is 0 Å². The minimum atomic E-state index is 0. The number of nitrogens with one attached hydrogen (secondary N) is 1. The second-order valence-corrected chi connectivity index (χ2v) is 1.52. The highest BCUT2D eigenvalue weighted by atomic mass is 14.8. The Bertz CT molecular complexity index is 15.8. The third-order valence-electron chi connectivity index (χ3n) is 0.762. The summed E-state index contributed by atoms with van der Waals surface area (Å²) in [6.45, 7) is 6.46. The molecule has 12 heavy (non-hydrogen) atoms. The van der Waals surface area contributed by atoms with E-state index in [0.29, 0.717) is 0 Å². The fraction of sp³-hybridized carbons (Fsp3) is 1.00. The maximum Gasteiger partial charge on any atom is 0.0724 e. The van der Waals surface area contributed by atoms with E-state index in [1.54, 1.807) is 0 Å². The van der Waals surface area contributed by atoms with Crippen LogP contribution in [0.25, 0.3) is 0 Å². The molecule has 0 amide bonds. The first-order valence-corrected chi connectivity index (χ1v) is 3.25. The normalized spacial score (nSPS) is 5.00. The van der Waals surface area contributed by atoms with Crippen molar-refractivity contribution in [1.82, 2.24) is 5.32 Å². The molecular weight excluding hydrogens is 148 g/mol. The van der Waals surface area contributed by atoms with Crippen LogP contribution in [0.4, 0.5) is 0 Å². The fourth-order valence-electron chi connectivity index (χ4n) is 0. The first kappa shape index (κ1) is 40.6. The predicted octanol–water partition coefficient (Wildman–Crippen LogP) is 1.97. The van der Waals surface area contributed by atoms with Crippen molar-refractivity contribution in [2.75, 3.05) is 27.2 Å². The highest BCUT2D eigenvalue weighted by molar-refractivity contribution is 4.15. The molecule has 0 rings (SSSR count). The standard InChI is InChI=1S/2C3H9N.4CH4/c2*1-3-4-2;;;;/h2*4H,3H2,1-2H3;4*1H4/p+1. The highest BCUT2D eigenvalue weighted by Crippen LogP contribution is 1.34. The molecule has 0 aromatic carbocycles. The molecule has 0 heterocycles. The van der Waals surface area contributed by atoms with Gasteiger partial charge in [-0.05, 0) is 20.5 Å². The molecule has 0 aromatic heterocycles. The van der Waals surface area contributed by atoms with Crippen molar-refractivity contribution in [3.05, 3.63) is 0 Å². The zero-order chi connectivity index (χ0) is 6.83. The minimum Gasteiger partial charge on any atom is -0.349 e. The summed E-state index contributed by atoms with van der Waals surface area (Å²) in [7, 11) is 3.99. The monoisotopic (exact) mass is 183 g/mol. The lowest BCUT2D eigenvalue weighted by molar-refractivity contribution is -0.623. The molecule has 0 bridgehead atoms. The van der Waals surface area contributed by atoms with Gasteiger partial charge in [-0.1, -0.05) is 36.6 Å². The van der Waals surface area contributed by atoms with Crippen molar-refractivity contribution in [2.45, 2.75) is 43.6 Å². The summed E-state index contributed by atoms with van der Waals surface area (Å²) in [5.74, 6) is 0. The zero-order valence-corrected chi connectivity index (χ0v) is 6.49. The molecule has 0 aromatic rings. The van der Waals surface area contributed by atoms with E-state index < -0.39 is 0 Å². The van der Waals surface area contributed by atoms with Crippen LogP contribution < -0.4 is 10.6 Å². The molecule has 0 unspecified atom stereocenters. The molecule has 2 heteroatoms. The van der Waals surface area contributed by atoms with E-state index in [9.17, 15) is 0 Å². The number of quaternary nitrogens is 1. The molecular formula is C10H35N2+. The lowest BCUT2D eigenvalue weighted by atomic mass is 10.8. The lowest BCUT2D eigenvalue weighted by Gasteiger charge is -1.76. The van der Waals surface area contributed by atoms with E-state index >= 15 is 0 Å². The molecule has 3 N–H and O–H groups in total. The summed E-state index contributed by atoms with van der Waals surface area (Å²) in [6, 6.07) is 0. The van der Waals surface area contributed by atoms with Crippen LogP contribution in [0.15, 0.2) is 0 Å². The maximum atomic E-state index is 2.93. The van der Waals surface area contributed by atoms with Crippen LogP contribution in [-0.4, -0.2) is 27.2 Å². The van der Waals surface area contributed by atoms with Crippen LogP contribution in [0.3, 0.4) is 0 Å². The molecule has 0 atom stereocenters. The van der Waals surface area contributed by atoms with Gasteiger partial charge in [-0.3, -0.25) is 0 Å². The molecule has 0 saturated carbocycles. The summed E-state index contributed by atoms with van der Waals surface area (Å²) < 4.78 is 0. The van der Waals surface area contributed by atoms with E-state index in [-0.39, 0.29) is 29.7 Å². The molecule has 0 aliphatic rings. The summed E-state index contributed by atoms with van der Waals surface area (Å²) in [5, 5.41) is 5.06. The molecule has 0 aliphatic carbocycles. The van der Waals surface area contributed by atoms with Crippen LogP contribution in [-0.2, 0) is 0 Å². The van der Waals surface area contributed by atoms with Crippen LogP contribution >= 0.6 is 0 Å². The Labute approximate surface area is 82.2 Å². The van der Waals surface area contributed by atoms with E-state index in [1.807, 2.05) is 7.05 Å². The van der Waals surface area contributed by atoms with Gasteiger partial charge in [0, 0.05) is 0 Å². The van der Waals surface area contributed by atoms with Gasteiger partial charge in [0.15, 0.2) is 0 Å². The van der Waals surface area contributed by atoms with Crippen molar-refractivity contribution >= 4 is 0 Å². The quantitative estimate of drug-likeness (QED) is 0.673. The van der Waals surface area contributed by atoms with Crippen molar-refractivity contribution in [2.24, 2.45) is 0 Å². The topological polar surface area (TPSA) is 28.6 Å². The van der Waals surface area contributed by atoms with Crippen molar-refractivity contribution in [3.8, 4) is 0 Å². The summed E-state index contributed by atoms with van der Waals surface area (Å²) in [5.41, 5.74) is 0. The molecule has 84 valence electrons. The highest BCUT2D eigenvalue weighted by Gasteiger charge is 1.54. The molecule has 0 saturated heterocycles. The second-order valence-electron chi connectivity index (χ2n) is 1.52. The first-order chi connectivity index (χ1) is 3.83. The SMILES string of the molecule is C.C.C.C.CCNC.CC[NH2+]C. The Kier molecular flexibility index (Phi) is 236. The molecule has 0 radical (unpaired) electrons. The molecule has 0 spiro atoms. The number of hydrogen-bond donors (Lipinski definition) is 2. The smallest absolute Gasteiger partial charge is 0.0724 e. The Morgan fingerprint density at radius 1 is 1.00 bits per heavy atom. The summed E-state index contributed by atoms with van der Waals surface area (Å²) >= 11 is 0. The summed E-state index contributed by atoms with van der Waals surface area (Å²) in [6.07, 6.45) is 0. The van der Waals surface area contributed by atoms with E-state index in [2.05, 4.69) is 31.5 Å². The Morgan fingerprint density at radius 2 is 1.17 bits per heavy atom. The van der Waals surface area contributed by atoms with Gasteiger partial charge in [-0.15, -0.1) is 0 Å². The van der Waals surface area contributed by atoms with Crippen molar-refractivity contribution in [3.63, 3.8) is 0 Å². The van der Waals surface area contributed by atoms with E-state index in [0.717, 1.165) is 6.54 Å².